The van der Waals surface area contributed by atoms with Gasteiger partial charge in [0.1, 0.15) is 11.3 Å². The highest BCUT2D eigenvalue weighted by molar-refractivity contribution is 6.01. The number of aromatic hydroxyl groups is 1. The zero-order valence-corrected chi connectivity index (χ0v) is 13.6. The molecule has 5 nitrogen and oxygen atoms in total. The normalized spacial score (nSPS) is 17.2. The Bertz CT molecular complexity index is 786. The van der Waals surface area contributed by atoms with Gasteiger partial charge in [-0.15, -0.1) is 0 Å². The zero-order valence-electron chi connectivity index (χ0n) is 13.6. The van der Waals surface area contributed by atoms with Crippen molar-refractivity contribution >= 4 is 17.6 Å². The molecule has 2 atom stereocenters. The van der Waals surface area contributed by atoms with Crippen molar-refractivity contribution in [3.63, 3.8) is 0 Å². The molecule has 0 radical (unpaired) electrons. The van der Waals surface area contributed by atoms with Gasteiger partial charge in [-0.25, -0.2) is 4.79 Å². The first-order chi connectivity index (χ1) is 11.5. The van der Waals surface area contributed by atoms with Crippen LogP contribution >= 0.6 is 0 Å². The lowest BCUT2D eigenvalue weighted by molar-refractivity contribution is -0.126. The highest BCUT2D eigenvalue weighted by Crippen LogP contribution is 2.32. The molecule has 0 saturated heterocycles. The van der Waals surface area contributed by atoms with E-state index in [4.69, 9.17) is 4.74 Å². The number of benzene rings is 2. The van der Waals surface area contributed by atoms with Gasteiger partial charge in [-0.3, -0.25) is 4.79 Å². The molecule has 1 amide bonds. The smallest absolute Gasteiger partial charge is 0.342 e. The highest BCUT2D eigenvalue weighted by Gasteiger charge is 2.34. The van der Waals surface area contributed by atoms with Gasteiger partial charge in [-0.05, 0) is 44.0 Å². The maximum absolute atomic E-state index is 12.8. The molecule has 2 aromatic carbocycles. The molecule has 24 heavy (non-hydrogen) atoms. The Kier molecular flexibility index (Phi) is 4.25. The Morgan fingerprint density at radius 1 is 1.17 bits per heavy atom. The molecule has 1 N–H and O–H groups in total. The predicted octanol–water partition coefficient (Wildman–Crippen LogP) is 2.92. The van der Waals surface area contributed by atoms with Crippen molar-refractivity contribution in [2.75, 3.05) is 4.90 Å². The summed E-state index contributed by atoms with van der Waals surface area (Å²) in [5.74, 6) is -1.15. The fraction of sp³-hybridized carbons (Fsp3) is 0.263. The third-order valence-electron chi connectivity index (χ3n) is 4.20. The number of hydrogen-bond donors (Lipinski definition) is 1. The Morgan fingerprint density at radius 3 is 2.58 bits per heavy atom. The molecule has 2 aromatic rings. The third kappa shape index (κ3) is 2.85. The Morgan fingerprint density at radius 2 is 1.83 bits per heavy atom. The number of hydrogen-bond acceptors (Lipinski definition) is 4. The average molecular weight is 325 g/mol. The van der Waals surface area contributed by atoms with Crippen molar-refractivity contribution in [1.82, 2.24) is 0 Å². The fourth-order valence-corrected chi connectivity index (χ4v) is 3.02. The van der Waals surface area contributed by atoms with E-state index >= 15 is 0 Å². The van der Waals surface area contributed by atoms with Gasteiger partial charge in [0.25, 0.3) is 5.91 Å². The van der Waals surface area contributed by atoms with Crippen molar-refractivity contribution in [1.29, 1.82) is 0 Å². The number of rotatable bonds is 3. The molecule has 0 spiro atoms. The van der Waals surface area contributed by atoms with Gasteiger partial charge in [0, 0.05) is 11.7 Å². The van der Waals surface area contributed by atoms with Gasteiger partial charge in [0.15, 0.2) is 6.10 Å². The van der Waals surface area contributed by atoms with Crippen molar-refractivity contribution in [3.05, 3.63) is 59.7 Å². The minimum atomic E-state index is -0.939. The molecule has 0 aliphatic carbocycles. The molecule has 5 heteroatoms. The van der Waals surface area contributed by atoms with Gasteiger partial charge in [0.2, 0.25) is 0 Å². The molecule has 0 fully saturated rings. The van der Waals surface area contributed by atoms with Crippen LogP contribution in [0.5, 0.6) is 5.75 Å². The van der Waals surface area contributed by atoms with E-state index in [9.17, 15) is 14.7 Å². The van der Waals surface area contributed by atoms with E-state index in [2.05, 4.69) is 0 Å². The summed E-state index contributed by atoms with van der Waals surface area (Å²) in [6.45, 7) is 3.52. The lowest BCUT2D eigenvalue weighted by Gasteiger charge is -2.26. The number of anilines is 1. The number of fused-ring (bicyclic) bond motifs is 1. The van der Waals surface area contributed by atoms with Crippen LogP contribution in [-0.2, 0) is 16.0 Å². The molecule has 0 aromatic heterocycles. The van der Waals surface area contributed by atoms with E-state index in [1.165, 1.54) is 12.1 Å². The largest absolute Gasteiger partial charge is 0.507 e. The number of para-hydroxylation sites is 2. The van der Waals surface area contributed by atoms with Crippen LogP contribution in [-0.4, -0.2) is 29.1 Å². The molecule has 1 heterocycles. The predicted molar refractivity (Wildman–Crippen MR) is 90.1 cm³/mol. The minimum Gasteiger partial charge on any atom is -0.507 e. The maximum Gasteiger partial charge on any atom is 0.342 e. The molecule has 0 bridgehead atoms. The Labute approximate surface area is 140 Å². The SMILES string of the molecule is C[C@@H]1Cc2ccccc2N1C(=O)[C@@H](C)OC(=O)c1ccccc1O. The lowest BCUT2D eigenvalue weighted by atomic mass is 10.1. The summed E-state index contributed by atoms with van der Waals surface area (Å²) < 4.78 is 5.26. The molecule has 0 unspecified atom stereocenters. The molecule has 1 aliphatic heterocycles. The molecule has 124 valence electrons. The van der Waals surface area contributed by atoms with Crippen LogP contribution < -0.4 is 4.90 Å². The summed E-state index contributed by atoms with van der Waals surface area (Å²) in [5.41, 5.74) is 2.02. The number of phenolic OH excluding ortho intramolecular Hbond substituents is 1. The number of phenols is 1. The molecule has 1 aliphatic rings. The average Bonchev–Trinajstić information content (AvgIpc) is 2.90. The van der Waals surface area contributed by atoms with E-state index in [0.29, 0.717) is 0 Å². The molecular weight excluding hydrogens is 306 g/mol. The van der Waals surface area contributed by atoms with Crippen LogP contribution in [0.25, 0.3) is 0 Å². The number of amides is 1. The van der Waals surface area contributed by atoms with E-state index in [1.807, 2.05) is 31.2 Å². The number of ether oxygens (including phenoxy) is 1. The van der Waals surface area contributed by atoms with Crippen molar-refractivity contribution in [2.45, 2.75) is 32.4 Å². The van der Waals surface area contributed by atoms with Crippen molar-refractivity contribution in [3.8, 4) is 5.75 Å². The third-order valence-corrected chi connectivity index (χ3v) is 4.20. The number of carbonyl (C=O) groups is 2. The number of nitrogens with zero attached hydrogens (tertiary/aromatic N) is 1. The second kappa shape index (κ2) is 6.35. The van der Waals surface area contributed by atoms with Crippen molar-refractivity contribution in [2.24, 2.45) is 0 Å². The van der Waals surface area contributed by atoms with Gasteiger partial charge >= 0.3 is 5.97 Å². The summed E-state index contributed by atoms with van der Waals surface area (Å²) in [6, 6.07) is 13.8. The van der Waals surface area contributed by atoms with E-state index in [0.717, 1.165) is 17.7 Å². The first kappa shape index (κ1) is 16.1. The van der Waals surface area contributed by atoms with Gasteiger partial charge in [-0.2, -0.15) is 0 Å². The summed E-state index contributed by atoms with van der Waals surface area (Å²) in [7, 11) is 0. The Hall–Kier alpha value is -2.82. The standard InChI is InChI=1S/C19H19NO4/c1-12-11-14-7-3-5-9-16(14)20(12)18(22)13(2)24-19(23)15-8-4-6-10-17(15)21/h3-10,12-13,21H,11H2,1-2H3/t12-,13-/m1/s1. The van der Waals surface area contributed by atoms with Crippen LogP contribution in [0.1, 0.15) is 29.8 Å². The first-order valence-electron chi connectivity index (χ1n) is 7.89. The van der Waals surface area contributed by atoms with Crippen LogP contribution in [0.4, 0.5) is 5.69 Å². The number of esters is 1. The Balaban J connectivity index is 1.76. The van der Waals surface area contributed by atoms with Crippen LogP contribution in [0, 0.1) is 0 Å². The minimum absolute atomic E-state index is 0.0150. The first-order valence-corrected chi connectivity index (χ1v) is 7.89. The molecular formula is C19H19NO4. The monoisotopic (exact) mass is 325 g/mol. The topological polar surface area (TPSA) is 66.8 Å². The van der Waals surface area contributed by atoms with E-state index < -0.39 is 12.1 Å². The quantitative estimate of drug-likeness (QED) is 0.881. The number of carbonyl (C=O) groups excluding carboxylic acids is 2. The van der Waals surface area contributed by atoms with Crippen LogP contribution in [0.15, 0.2) is 48.5 Å². The summed E-state index contributed by atoms with van der Waals surface area (Å²) >= 11 is 0. The summed E-state index contributed by atoms with van der Waals surface area (Å²) in [6.07, 6.45) is -0.159. The summed E-state index contributed by atoms with van der Waals surface area (Å²) in [5, 5.41) is 9.72. The molecule has 0 saturated carbocycles. The zero-order chi connectivity index (χ0) is 17.3. The van der Waals surface area contributed by atoms with E-state index in [-0.39, 0.29) is 23.3 Å². The van der Waals surface area contributed by atoms with Gasteiger partial charge in [-0.1, -0.05) is 30.3 Å². The second-order valence-corrected chi connectivity index (χ2v) is 5.95. The lowest BCUT2D eigenvalue weighted by Crippen LogP contribution is -2.43. The fourth-order valence-electron chi connectivity index (χ4n) is 3.02. The van der Waals surface area contributed by atoms with Gasteiger partial charge < -0.3 is 14.7 Å². The second-order valence-electron chi connectivity index (χ2n) is 5.95. The highest BCUT2D eigenvalue weighted by atomic mass is 16.5. The maximum atomic E-state index is 12.8. The molecule has 3 rings (SSSR count). The van der Waals surface area contributed by atoms with Gasteiger partial charge in [0.05, 0.1) is 0 Å². The van der Waals surface area contributed by atoms with E-state index in [1.54, 1.807) is 24.0 Å². The van der Waals surface area contributed by atoms with Crippen LogP contribution in [0.2, 0.25) is 0 Å². The van der Waals surface area contributed by atoms with Crippen LogP contribution in [0.3, 0.4) is 0 Å². The summed E-state index contributed by atoms with van der Waals surface area (Å²) in [4.78, 5) is 26.6. The van der Waals surface area contributed by atoms with Crippen molar-refractivity contribution < 1.29 is 19.4 Å².